The van der Waals surface area contributed by atoms with Crippen LogP contribution in [0.5, 0.6) is 23.0 Å². The van der Waals surface area contributed by atoms with E-state index in [0.717, 1.165) is 0 Å². The molecule has 0 saturated carbocycles. The monoisotopic (exact) mass is 621 g/mol. The summed E-state index contributed by atoms with van der Waals surface area (Å²) in [7, 11) is -6.22. The number of fused-ring (bicyclic) bond motifs is 2. The number of rotatable bonds is 0. The van der Waals surface area contributed by atoms with E-state index in [-0.39, 0.29) is 76.4 Å². The molecule has 1 saturated heterocycles. The van der Waals surface area contributed by atoms with Gasteiger partial charge in [0.25, 0.3) is 0 Å². The van der Waals surface area contributed by atoms with Crippen molar-refractivity contribution in [2.45, 2.75) is 13.8 Å². The Hall–Kier alpha value is 0.310. The van der Waals surface area contributed by atoms with Crippen LogP contribution in [0.1, 0.15) is 13.8 Å². The Morgan fingerprint density at radius 3 is 1.00 bits per heavy atom. The van der Waals surface area contributed by atoms with Gasteiger partial charge >= 0.3 is 223 Å². The molecule has 32 heavy (non-hydrogen) atoms. The van der Waals surface area contributed by atoms with Crippen molar-refractivity contribution < 1.29 is 27.1 Å². The third kappa shape index (κ3) is 2.93. The third-order valence-corrected chi connectivity index (χ3v) is 12.0. The molecule has 0 bridgehead atoms. The molecule has 0 amide bonds. The van der Waals surface area contributed by atoms with Gasteiger partial charge in [0.2, 0.25) is 0 Å². The summed E-state index contributed by atoms with van der Waals surface area (Å²) in [5.41, 5.74) is -0.492. The first-order chi connectivity index (χ1) is 14.7. The van der Waals surface area contributed by atoms with E-state index in [1.807, 2.05) is 13.8 Å². The molecule has 0 unspecified atom stereocenters. The summed E-state index contributed by atoms with van der Waals surface area (Å²) in [5.74, 6) is -0.672. The molecule has 176 valence electrons. The van der Waals surface area contributed by atoms with E-state index in [1.54, 1.807) is 0 Å². The first-order valence-corrected chi connectivity index (χ1v) is 13.9. The fourth-order valence-electron chi connectivity index (χ4n) is 3.27. The summed E-state index contributed by atoms with van der Waals surface area (Å²) in [6, 6.07) is 0. The fourth-order valence-corrected chi connectivity index (χ4v) is 9.41. The van der Waals surface area contributed by atoms with Crippen molar-refractivity contribution in [3.63, 3.8) is 0 Å². The molecule has 0 aliphatic carbocycles. The van der Waals surface area contributed by atoms with Gasteiger partial charge in [-0.2, -0.15) is 0 Å². The molecule has 0 N–H and O–H groups in total. The fraction of sp³-hybridized carbons (Fsp3) is 0.294. The second-order valence-corrected chi connectivity index (χ2v) is 14.5. The van der Waals surface area contributed by atoms with Crippen LogP contribution in [0.4, 0.5) is 0 Å². The average Bonchev–Trinajstić information content (AvgIpc) is 3.25. The number of benzene rings is 2. The van der Waals surface area contributed by atoms with Gasteiger partial charge in [0, 0.05) is 0 Å². The van der Waals surface area contributed by atoms with Crippen molar-refractivity contribution in [1.82, 2.24) is 0 Å². The standard InChI is InChI=1S/C17H10Cl8O6P/c1-17(2)3-26-32(27-4-17,28-13-9(22)5(18)6(19)10(23)14(13)29-32)30-15-11(24)7(20)8(21)12(25)16(15)31-32/h3-4H2,1-2H3/q-1. The Morgan fingerprint density at radius 2 is 0.750 bits per heavy atom. The van der Waals surface area contributed by atoms with Gasteiger partial charge in [-0.3, -0.25) is 0 Å². The van der Waals surface area contributed by atoms with Gasteiger partial charge in [-0.15, -0.1) is 0 Å². The van der Waals surface area contributed by atoms with Gasteiger partial charge in [0.15, 0.2) is 0 Å². The molecule has 2 aromatic rings. The molecule has 5 rings (SSSR count). The van der Waals surface area contributed by atoms with Crippen LogP contribution in [-0.2, 0) is 9.05 Å². The molecular formula is C17H10Cl8O6P-. The van der Waals surface area contributed by atoms with E-state index < -0.39 is 12.7 Å². The van der Waals surface area contributed by atoms with Crippen LogP contribution in [0.15, 0.2) is 0 Å². The predicted octanol–water partition coefficient (Wildman–Crippen LogP) is 9.81. The summed E-state index contributed by atoms with van der Waals surface area (Å²) < 4.78 is 36.9. The Morgan fingerprint density at radius 1 is 0.500 bits per heavy atom. The Bertz CT molecular complexity index is 1080. The van der Waals surface area contributed by atoms with Crippen molar-refractivity contribution in [2.24, 2.45) is 5.41 Å². The molecule has 3 aliphatic heterocycles. The minimum atomic E-state index is -6.22. The number of hydrogen-bond donors (Lipinski definition) is 0. The van der Waals surface area contributed by atoms with Crippen molar-refractivity contribution >= 4 is 100 Å². The summed E-state index contributed by atoms with van der Waals surface area (Å²) >= 11 is 50.3. The van der Waals surface area contributed by atoms with Gasteiger partial charge in [-0.1, -0.05) is 0 Å². The zero-order valence-corrected chi connectivity index (χ0v) is 22.8. The molecule has 1 spiro atoms. The second kappa shape index (κ2) is 6.74. The van der Waals surface area contributed by atoms with Crippen LogP contribution < -0.4 is 18.1 Å². The van der Waals surface area contributed by atoms with Crippen molar-refractivity contribution in [1.29, 1.82) is 0 Å². The summed E-state index contributed by atoms with van der Waals surface area (Å²) in [4.78, 5) is 0. The zero-order chi connectivity index (χ0) is 23.5. The van der Waals surface area contributed by atoms with Crippen LogP contribution in [0, 0.1) is 5.41 Å². The molecule has 2 aromatic carbocycles. The van der Waals surface area contributed by atoms with Gasteiger partial charge in [0.1, 0.15) is 0 Å². The molecule has 6 nitrogen and oxygen atoms in total. The topological polar surface area (TPSA) is 55.4 Å². The Balaban J connectivity index is 1.81. The number of halogens is 8. The zero-order valence-electron chi connectivity index (χ0n) is 15.8. The predicted molar refractivity (Wildman–Crippen MR) is 128 cm³/mol. The van der Waals surface area contributed by atoms with E-state index >= 15 is 0 Å². The molecule has 0 atom stereocenters. The van der Waals surface area contributed by atoms with E-state index in [2.05, 4.69) is 0 Å². The van der Waals surface area contributed by atoms with E-state index in [0.29, 0.717) is 0 Å². The van der Waals surface area contributed by atoms with Gasteiger partial charge in [0.05, 0.1) is 0 Å². The van der Waals surface area contributed by atoms with Gasteiger partial charge in [-0.05, 0) is 0 Å². The second-order valence-electron chi connectivity index (χ2n) is 8.02. The average molecular weight is 625 g/mol. The molecule has 3 aliphatic rings. The molecule has 0 radical (unpaired) electrons. The van der Waals surface area contributed by atoms with Crippen LogP contribution in [0.25, 0.3) is 0 Å². The van der Waals surface area contributed by atoms with Crippen molar-refractivity contribution in [3.8, 4) is 23.0 Å². The third-order valence-electron chi connectivity index (χ3n) is 4.91. The quantitative estimate of drug-likeness (QED) is 0.165. The van der Waals surface area contributed by atoms with E-state index in [9.17, 15) is 0 Å². The maximum absolute atomic E-state index is 6.38. The summed E-state index contributed by atoms with van der Waals surface area (Å²) in [6.07, 6.45) is 0. The van der Waals surface area contributed by atoms with E-state index in [4.69, 9.17) is 120 Å². The van der Waals surface area contributed by atoms with Crippen LogP contribution >= 0.6 is 100 Å². The SMILES string of the molecule is CC1(C)CO[P-]23(OC1)(Oc1c(Cl)c(Cl)c(Cl)c(Cl)c1O2)Oc1c(Cl)c(Cl)c(Cl)c(Cl)c1O3. The Labute approximate surface area is 221 Å². The molecule has 15 heteroatoms. The van der Waals surface area contributed by atoms with Crippen LogP contribution in [-0.4, -0.2) is 13.2 Å². The van der Waals surface area contributed by atoms with Crippen LogP contribution in [0.3, 0.4) is 0 Å². The van der Waals surface area contributed by atoms with Crippen molar-refractivity contribution in [3.05, 3.63) is 40.2 Å². The van der Waals surface area contributed by atoms with E-state index in [1.165, 1.54) is 0 Å². The first-order valence-electron chi connectivity index (χ1n) is 8.71. The van der Waals surface area contributed by atoms with Gasteiger partial charge in [-0.25, -0.2) is 0 Å². The van der Waals surface area contributed by atoms with Crippen molar-refractivity contribution in [2.75, 3.05) is 13.2 Å². The minimum absolute atomic E-state index is 0.00175. The molecule has 0 aromatic heterocycles. The Kier molecular flexibility index (Phi) is 5.06. The molecule has 1 fully saturated rings. The molecular weight excluding hydrogens is 615 g/mol. The number of hydrogen-bond acceptors (Lipinski definition) is 6. The first kappa shape index (κ1) is 24.0. The summed E-state index contributed by atoms with van der Waals surface area (Å²) in [5, 5.41) is -0.912. The summed E-state index contributed by atoms with van der Waals surface area (Å²) in [6.45, 7) is 3.75. The van der Waals surface area contributed by atoms with Crippen LogP contribution in [0.2, 0.25) is 40.2 Å². The normalized spacial score (nSPS) is 24.7. The van der Waals surface area contributed by atoms with Gasteiger partial charge < -0.3 is 0 Å². The maximum atomic E-state index is 6.38. The molecule has 3 heterocycles.